The minimum absolute atomic E-state index is 0.0542. The highest BCUT2D eigenvalue weighted by Gasteiger charge is 2.21. The van der Waals surface area contributed by atoms with Crippen molar-refractivity contribution >= 4 is 40.9 Å². The van der Waals surface area contributed by atoms with Crippen molar-refractivity contribution in [2.45, 2.75) is 18.6 Å². The number of thioether (sulfide) groups is 1. The highest BCUT2D eigenvalue weighted by Crippen LogP contribution is 2.26. The predicted molar refractivity (Wildman–Crippen MR) is 90.3 cm³/mol. The Kier molecular flexibility index (Phi) is 5.12. The summed E-state index contributed by atoms with van der Waals surface area (Å²) in [7, 11) is 0. The van der Waals surface area contributed by atoms with Gasteiger partial charge in [-0.25, -0.2) is 14.8 Å². The molecule has 0 N–H and O–H groups in total. The Hall–Kier alpha value is -1.97. The fourth-order valence-corrected chi connectivity index (χ4v) is 3.15. The van der Waals surface area contributed by atoms with E-state index in [1.165, 1.54) is 11.8 Å². The number of halogens is 1. The number of carbonyl (C=O) groups is 1. The molecule has 0 bridgehead atoms. The molecule has 3 aromatic heterocycles. The number of furan rings is 1. The molecule has 0 saturated heterocycles. The third kappa shape index (κ3) is 3.42. The molecule has 0 saturated carbocycles. The van der Waals surface area contributed by atoms with E-state index < -0.39 is 5.97 Å². The molecule has 3 rings (SSSR count). The topological polar surface area (TPSA) is 91.0 Å². The van der Waals surface area contributed by atoms with Crippen LogP contribution in [0.5, 0.6) is 0 Å². The van der Waals surface area contributed by atoms with Gasteiger partial charge in [-0.2, -0.15) is 0 Å². The summed E-state index contributed by atoms with van der Waals surface area (Å²) in [5.74, 6) is 0.422. The van der Waals surface area contributed by atoms with E-state index in [1.54, 1.807) is 25.3 Å². The number of nitrogens with zero attached hydrogens (tertiary/aromatic N) is 4. The van der Waals surface area contributed by atoms with E-state index in [4.69, 9.17) is 20.8 Å². The van der Waals surface area contributed by atoms with Crippen LogP contribution in [0.15, 0.2) is 27.8 Å². The number of aryl methyl sites for hydroxylation is 1. The van der Waals surface area contributed by atoms with Crippen LogP contribution in [0.4, 0.5) is 0 Å². The van der Waals surface area contributed by atoms with Crippen LogP contribution in [0, 0.1) is 6.92 Å². The summed E-state index contributed by atoms with van der Waals surface area (Å²) in [5.41, 5.74) is 1.25. The van der Waals surface area contributed by atoms with Gasteiger partial charge in [0.25, 0.3) is 0 Å². The van der Waals surface area contributed by atoms with Crippen LogP contribution in [0.2, 0.25) is 4.34 Å². The van der Waals surface area contributed by atoms with Gasteiger partial charge >= 0.3 is 5.97 Å². The number of aromatic nitrogens is 4. The predicted octanol–water partition coefficient (Wildman–Crippen LogP) is 3.63. The average Bonchev–Trinajstić information content (AvgIpc) is 3.23. The summed E-state index contributed by atoms with van der Waals surface area (Å²) in [6.07, 6.45) is 3.37. The molecule has 0 spiro atoms. The van der Waals surface area contributed by atoms with Crippen molar-refractivity contribution in [3.8, 4) is 11.6 Å². The monoisotopic (exact) mass is 382 g/mol. The number of hydrogen-bond donors (Lipinski definition) is 0. The van der Waals surface area contributed by atoms with Crippen LogP contribution in [0.25, 0.3) is 11.6 Å². The van der Waals surface area contributed by atoms with Crippen molar-refractivity contribution in [1.82, 2.24) is 19.6 Å². The lowest BCUT2D eigenvalue weighted by Crippen LogP contribution is -2.12. The van der Waals surface area contributed by atoms with E-state index in [9.17, 15) is 4.79 Å². The zero-order chi connectivity index (χ0) is 17.1. The first-order valence-corrected chi connectivity index (χ1v) is 9.08. The molecule has 0 atom stereocenters. The second-order valence-corrected chi connectivity index (χ2v) is 6.71. The Morgan fingerprint density at radius 1 is 1.46 bits per heavy atom. The Morgan fingerprint density at radius 2 is 2.29 bits per heavy atom. The van der Waals surface area contributed by atoms with Gasteiger partial charge in [-0.15, -0.1) is 16.9 Å². The summed E-state index contributed by atoms with van der Waals surface area (Å²) >= 11 is 8.27. The molecule has 24 heavy (non-hydrogen) atoms. The largest absolute Gasteiger partial charge is 0.461 e. The molecule has 0 amide bonds. The Balaban J connectivity index is 1.86. The standard InChI is InChI=1S/C14H11ClN4O3S2/c1-7-10(14(20)22-6-8-11(15)24-19-18-8)13(23-2)17-12(16-7)9-4-3-5-21-9/h3-5H,6H2,1-2H3. The molecule has 0 aromatic carbocycles. The maximum atomic E-state index is 12.4. The lowest BCUT2D eigenvalue weighted by atomic mass is 10.2. The van der Waals surface area contributed by atoms with Crippen LogP contribution in [-0.2, 0) is 11.3 Å². The molecule has 0 fully saturated rings. The fraction of sp³-hybridized carbons (Fsp3) is 0.214. The van der Waals surface area contributed by atoms with Gasteiger partial charge < -0.3 is 9.15 Å². The summed E-state index contributed by atoms with van der Waals surface area (Å²) in [4.78, 5) is 21.1. The summed E-state index contributed by atoms with van der Waals surface area (Å²) in [6, 6.07) is 3.51. The molecule has 0 unspecified atom stereocenters. The van der Waals surface area contributed by atoms with Crippen molar-refractivity contribution in [2.75, 3.05) is 6.26 Å². The van der Waals surface area contributed by atoms with Gasteiger partial charge in [-0.1, -0.05) is 16.1 Å². The molecule has 3 aromatic rings. The van der Waals surface area contributed by atoms with Crippen molar-refractivity contribution in [2.24, 2.45) is 0 Å². The molecule has 0 aliphatic rings. The molecule has 7 nitrogen and oxygen atoms in total. The molecule has 0 radical (unpaired) electrons. The molecular weight excluding hydrogens is 372 g/mol. The van der Waals surface area contributed by atoms with Gasteiger partial charge in [0.2, 0.25) is 0 Å². The number of ether oxygens (including phenoxy) is 1. The number of hydrogen-bond acceptors (Lipinski definition) is 9. The quantitative estimate of drug-likeness (QED) is 0.375. The van der Waals surface area contributed by atoms with Crippen molar-refractivity contribution in [1.29, 1.82) is 0 Å². The molecular formula is C14H11ClN4O3S2. The lowest BCUT2D eigenvalue weighted by Gasteiger charge is -2.10. The first-order chi connectivity index (χ1) is 11.6. The van der Waals surface area contributed by atoms with Crippen LogP contribution in [0.1, 0.15) is 21.7 Å². The second kappa shape index (κ2) is 7.29. The van der Waals surface area contributed by atoms with Gasteiger partial charge in [0.1, 0.15) is 27.2 Å². The fourth-order valence-electron chi connectivity index (χ4n) is 1.93. The van der Waals surface area contributed by atoms with Crippen LogP contribution < -0.4 is 0 Å². The number of rotatable bonds is 5. The Bertz CT molecular complexity index is 867. The Morgan fingerprint density at radius 3 is 2.92 bits per heavy atom. The second-order valence-electron chi connectivity index (χ2n) is 4.56. The lowest BCUT2D eigenvalue weighted by molar-refractivity contribution is 0.0461. The highest BCUT2D eigenvalue weighted by molar-refractivity contribution is 7.98. The van der Waals surface area contributed by atoms with E-state index in [1.807, 2.05) is 6.26 Å². The molecule has 124 valence electrons. The first-order valence-electron chi connectivity index (χ1n) is 6.70. The maximum absolute atomic E-state index is 12.4. The third-order valence-corrected chi connectivity index (χ3v) is 4.71. The van der Waals surface area contributed by atoms with Crippen LogP contribution >= 0.6 is 34.9 Å². The molecule has 10 heteroatoms. The highest BCUT2D eigenvalue weighted by atomic mass is 35.5. The molecule has 0 aliphatic heterocycles. The SMILES string of the molecule is CSc1nc(-c2ccco2)nc(C)c1C(=O)OCc1nnsc1Cl. The summed E-state index contributed by atoms with van der Waals surface area (Å²) < 4.78 is 14.7. The van der Waals surface area contributed by atoms with Gasteiger partial charge in [0, 0.05) is 11.5 Å². The van der Waals surface area contributed by atoms with Gasteiger partial charge in [0.15, 0.2) is 11.6 Å². The first kappa shape index (κ1) is 16.9. The minimum atomic E-state index is -0.535. The van der Waals surface area contributed by atoms with E-state index >= 15 is 0 Å². The van der Waals surface area contributed by atoms with Gasteiger partial charge in [-0.3, -0.25) is 0 Å². The van der Waals surface area contributed by atoms with Gasteiger partial charge in [0.05, 0.1) is 12.0 Å². The summed E-state index contributed by atoms with van der Waals surface area (Å²) in [6.45, 7) is 1.67. The number of carbonyl (C=O) groups excluding carboxylic acids is 1. The smallest absolute Gasteiger partial charge is 0.343 e. The average molecular weight is 383 g/mol. The van der Waals surface area contributed by atoms with Crippen molar-refractivity contribution < 1.29 is 13.9 Å². The zero-order valence-corrected chi connectivity index (χ0v) is 15.0. The maximum Gasteiger partial charge on any atom is 0.343 e. The van der Waals surface area contributed by atoms with Crippen molar-refractivity contribution in [3.63, 3.8) is 0 Å². The number of esters is 1. The van der Waals surface area contributed by atoms with Crippen LogP contribution in [0.3, 0.4) is 0 Å². The normalized spacial score (nSPS) is 10.8. The Labute approximate surface area is 150 Å². The zero-order valence-electron chi connectivity index (χ0n) is 12.6. The molecule has 0 aliphatic carbocycles. The third-order valence-electron chi connectivity index (χ3n) is 3.05. The van der Waals surface area contributed by atoms with E-state index in [0.717, 1.165) is 11.5 Å². The van der Waals surface area contributed by atoms with Crippen LogP contribution in [-0.4, -0.2) is 31.8 Å². The summed E-state index contributed by atoms with van der Waals surface area (Å²) in [5, 5.41) is 4.32. The van der Waals surface area contributed by atoms with E-state index in [-0.39, 0.29) is 6.61 Å². The molecule has 3 heterocycles. The van der Waals surface area contributed by atoms with E-state index in [2.05, 4.69) is 19.6 Å². The van der Waals surface area contributed by atoms with Crippen molar-refractivity contribution in [3.05, 3.63) is 39.7 Å². The minimum Gasteiger partial charge on any atom is -0.461 e. The van der Waals surface area contributed by atoms with Gasteiger partial charge in [-0.05, 0) is 25.3 Å². The van der Waals surface area contributed by atoms with E-state index in [0.29, 0.717) is 37.9 Å².